The van der Waals surface area contributed by atoms with Gasteiger partial charge >= 0.3 is 0 Å². The molecule has 0 aliphatic carbocycles. The number of ketones is 1. The van der Waals surface area contributed by atoms with Crippen molar-refractivity contribution in [1.82, 2.24) is 0 Å². The van der Waals surface area contributed by atoms with Crippen LogP contribution in [0.5, 0.6) is 0 Å². The number of Topliss-reactive ketones (excluding diaryl/α,β-unsaturated/α-hetero) is 1. The second kappa shape index (κ2) is 7.93. The van der Waals surface area contributed by atoms with E-state index >= 15 is 0 Å². The summed E-state index contributed by atoms with van der Waals surface area (Å²) in [6, 6.07) is 18.8. The van der Waals surface area contributed by atoms with E-state index in [0.717, 1.165) is 11.8 Å². The van der Waals surface area contributed by atoms with Crippen LogP contribution in [0.1, 0.15) is 15.9 Å². The molecule has 5 nitrogen and oxygen atoms in total. The van der Waals surface area contributed by atoms with Gasteiger partial charge in [0.05, 0.1) is 12.2 Å². The van der Waals surface area contributed by atoms with Crippen molar-refractivity contribution in [2.45, 2.75) is 6.54 Å². The molecule has 30 heavy (non-hydrogen) atoms. The largest absolute Gasteiger partial charge is 0.360 e. The average Bonchev–Trinajstić information content (AvgIpc) is 2.73. The van der Waals surface area contributed by atoms with E-state index in [9.17, 15) is 17.6 Å². The molecule has 0 bridgehead atoms. The molecule has 3 aromatic rings. The zero-order valence-electron chi connectivity index (χ0n) is 15.5. The van der Waals surface area contributed by atoms with Crippen molar-refractivity contribution in [3.8, 4) is 0 Å². The van der Waals surface area contributed by atoms with Crippen LogP contribution >= 0.6 is 11.6 Å². The summed E-state index contributed by atoms with van der Waals surface area (Å²) in [6.07, 6.45) is 1.15. The predicted molar refractivity (Wildman–Crippen MR) is 115 cm³/mol. The monoisotopic (exact) mass is 442 g/mol. The van der Waals surface area contributed by atoms with Gasteiger partial charge in [0.15, 0.2) is 4.91 Å². The fourth-order valence-electron chi connectivity index (χ4n) is 3.14. The number of para-hydroxylation sites is 1. The van der Waals surface area contributed by atoms with Crippen LogP contribution in [0.15, 0.2) is 83.9 Å². The number of carbonyl (C=O) groups excluding carboxylic acids is 1. The van der Waals surface area contributed by atoms with Gasteiger partial charge in [0.1, 0.15) is 5.82 Å². The zero-order valence-corrected chi connectivity index (χ0v) is 17.1. The lowest BCUT2D eigenvalue weighted by Crippen LogP contribution is -2.39. The van der Waals surface area contributed by atoms with Gasteiger partial charge in [-0.1, -0.05) is 35.9 Å². The molecule has 0 radical (unpaired) electrons. The van der Waals surface area contributed by atoms with E-state index in [2.05, 4.69) is 5.32 Å². The molecule has 0 saturated heterocycles. The van der Waals surface area contributed by atoms with E-state index in [-0.39, 0.29) is 17.0 Å². The van der Waals surface area contributed by atoms with E-state index in [1.165, 1.54) is 28.6 Å². The van der Waals surface area contributed by atoms with Crippen molar-refractivity contribution < 1.29 is 17.6 Å². The number of anilines is 2. The van der Waals surface area contributed by atoms with Gasteiger partial charge in [-0.05, 0) is 54.1 Å². The lowest BCUT2D eigenvalue weighted by molar-refractivity contribution is 0.104. The van der Waals surface area contributed by atoms with Crippen LogP contribution in [-0.2, 0) is 16.6 Å². The van der Waals surface area contributed by atoms with E-state index in [1.807, 2.05) is 0 Å². The van der Waals surface area contributed by atoms with Crippen LogP contribution in [0.25, 0.3) is 0 Å². The third-order valence-electron chi connectivity index (χ3n) is 4.66. The Balaban J connectivity index is 1.76. The van der Waals surface area contributed by atoms with Crippen molar-refractivity contribution in [2.24, 2.45) is 0 Å². The first-order valence-electron chi connectivity index (χ1n) is 8.99. The van der Waals surface area contributed by atoms with Crippen LogP contribution in [0.4, 0.5) is 15.8 Å². The van der Waals surface area contributed by atoms with Crippen LogP contribution in [0, 0.1) is 5.82 Å². The van der Waals surface area contributed by atoms with Gasteiger partial charge in [-0.15, -0.1) is 0 Å². The lowest BCUT2D eigenvalue weighted by Gasteiger charge is -2.31. The molecule has 4 rings (SSSR count). The molecule has 0 fully saturated rings. The molecule has 152 valence electrons. The van der Waals surface area contributed by atoms with Gasteiger partial charge in [0, 0.05) is 22.5 Å². The Hall–Kier alpha value is -3.16. The van der Waals surface area contributed by atoms with Crippen molar-refractivity contribution in [3.05, 3.63) is 106 Å². The van der Waals surface area contributed by atoms with E-state index < -0.39 is 21.6 Å². The Morgan fingerprint density at radius 2 is 1.63 bits per heavy atom. The maximum atomic E-state index is 13.3. The molecule has 1 N–H and O–H groups in total. The Kier molecular flexibility index (Phi) is 5.32. The predicted octanol–water partition coefficient (Wildman–Crippen LogP) is 4.97. The molecule has 1 heterocycles. The molecule has 0 unspecified atom stereocenters. The van der Waals surface area contributed by atoms with E-state index in [0.29, 0.717) is 16.4 Å². The zero-order chi connectivity index (χ0) is 21.3. The van der Waals surface area contributed by atoms with Crippen molar-refractivity contribution in [2.75, 3.05) is 9.62 Å². The third-order valence-corrected chi connectivity index (χ3v) is 6.68. The number of nitrogens with zero attached hydrogens (tertiary/aromatic N) is 1. The first-order valence-corrected chi connectivity index (χ1v) is 10.8. The molecule has 0 spiro atoms. The van der Waals surface area contributed by atoms with Gasteiger partial charge < -0.3 is 5.32 Å². The van der Waals surface area contributed by atoms with Crippen molar-refractivity contribution in [3.63, 3.8) is 0 Å². The molecule has 0 amide bonds. The number of benzene rings is 3. The highest BCUT2D eigenvalue weighted by molar-refractivity contribution is 7.97. The Bertz CT molecular complexity index is 1240. The van der Waals surface area contributed by atoms with E-state index in [4.69, 9.17) is 11.6 Å². The first kappa shape index (κ1) is 20.1. The fraction of sp³-hybridized carbons (Fsp3) is 0.0455. The number of hydrogen-bond donors (Lipinski definition) is 1. The summed E-state index contributed by atoms with van der Waals surface area (Å²) < 4.78 is 41.0. The highest BCUT2D eigenvalue weighted by atomic mass is 35.5. The first-order chi connectivity index (χ1) is 14.4. The summed E-state index contributed by atoms with van der Waals surface area (Å²) in [5.41, 5.74) is 1.78. The van der Waals surface area contributed by atoms with Crippen molar-refractivity contribution >= 4 is 38.8 Å². The van der Waals surface area contributed by atoms with Gasteiger partial charge in [0.25, 0.3) is 10.0 Å². The Morgan fingerprint density at radius 1 is 0.967 bits per heavy atom. The third kappa shape index (κ3) is 3.81. The highest BCUT2D eigenvalue weighted by Crippen LogP contribution is 2.36. The number of halogens is 2. The smallest absolute Gasteiger partial charge is 0.270 e. The summed E-state index contributed by atoms with van der Waals surface area (Å²) in [5, 5.41) is 3.32. The maximum absolute atomic E-state index is 13.3. The number of sulfonamides is 1. The van der Waals surface area contributed by atoms with Crippen LogP contribution in [0.3, 0.4) is 0 Å². The highest BCUT2D eigenvalue weighted by Gasteiger charge is 2.40. The maximum Gasteiger partial charge on any atom is 0.270 e. The number of fused-ring (bicyclic) bond motifs is 1. The summed E-state index contributed by atoms with van der Waals surface area (Å²) in [6.45, 7) is 0.0394. The SMILES string of the molecule is O=C1C(=CNc2ccc(F)cc2)S(=O)(=O)N(Cc2ccc(Cl)cc2)c2ccccc21. The molecule has 8 heteroatoms. The molecule has 0 aromatic heterocycles. The molecular weight excluding hydrogens is 427 g/mol. The molecule has 1 aliphatic heterocycles. The summed E-state index contributed by atoms with van der Waals surface area (Å²) >= 11 is 5.93. The topological polar surface area (TPSA) is 66.5 Å². The average molecular weight is 443 g/mol. The summed E-state index contributed by atoms with van der Waals surface area (Å²) in [4.78, 5) is 12.6. The van der Waals surface area contributed by atoms with Gasteiger partial charge in [-0.25, -0.2) is 12.8 Å². The Labute approximate surface area is 178 Å². The van der Waals surface area contributed by atoms with Gasteiger partial charge in [-0.3, -0.25) is 9.10 Å². The number of hydrogen-bond acceptors (Lipinski definition) is 4. The molecule has 1 aliphatic rings. The Morgan fingerprint density at radius 3 is 2.33 bits per heavy atom. The van der Waals surface area contributed by atoms with Gasteiger partial charge in [-0.2, -0.15) is 0 Å². The minimum atomic E-state index is -4.14. The minimum absolute atomic E-state index is 0.0394. The van der Waals surface area contributed by atoms with Crippen LogP contribution in [-0.4, -0.2) is 14.2 Å². The van der Waals surface area contributed by atoms with Crippen LogP contribution in [0.2, 0.25) is 5.02 Å². The van der Waals surface area contributed by atoms with Crippen LogP contribution < -0.4 is 9.62 Å². The van der Waals surface area contributed by atoms with E-state index in [1.54, 1.807) is 48.5 Å². The van der Waals surface area contributed by atoms with Gasteiger partial charge in [0.2, 0.25) is 5.78 Å². The number of allylic oxidation sites excluding steroid dienone is 1. The molecular formula is C22H16ClFN2O3S. The number of rotatable bonds is 4. The lowest BCUT2D eigenvalue weighted by atomic mass is 10.1. The quantitative estimate of drug-likeness (QED) is 0.579. The normalized spacial score (nSPS) is 16.4. The second-order valence-corrected chi connectivity index (χ2v) is 8.91. The fourth-order valence-corrected chi connectivity index (χ4v) is 4.79. The second-order valence-electron chi connectivity index (χ2n) is 6.64. The molecule has 0 atom stereocenters. The molecule has 0 saturated carbocycles. The molecule has 3 aromatic carbocycles. The minimum Gasteiger partial charge on any atom is -0.360 e. The number of nitrogens with one attached hydrogen (secondary N) is 1. The standard InChI is InChI=1S/C22H16ClFN2O3S/c23-16-7-5-15(6-8-16)14-26-20-4-2-1-3-19(20)22(27)21(30(26,28)29)13-25-18-11-9-17(24)10-12-18/h1-13,25H,14H2. The summed E-state index contributed by atoms with van der Waals surface area (Å²) in [7, 11) is -4.14. The summed E-state index contributed by atoms with van der Waals surface area (Å²) in [5.74, 6) is -1.02. The van der Waals surface area contributed by atoms with Crippen molar-refractivity contribution in [1.29, 1.82) is 0 Å². The number of carbonyl (C=O) groups is 1.